The number of rotatable bonds is 9. The number of ether oxygens (including phenoxy) is 3. The third-order valence-electron chi connectivity index (χ3n) is 4.07. The van der Waals surface area contributed by atoms with Crippen LogP contribution in [0.15, 0.2) is 48.5 Å². The maximum atomic E-state index is 12.3. The molecule has 0 radical (unpaired) electrons. The molecule has 0 aromatic heterocycles. The standard InChI is InChI=1S/C22H27NO5/c1-15(2)27-14-17-9-11-18(12-10-17)22(25)28-16(3)21(24)23-13-19-7-5-6-8-20(19)26-4/h5-12,15-16H,13-14H2,1-4H3,(H,23,24)/t16-/m0/s1. The van der Waals surface area contributed by atoms with E-state index in [9.17, 15) is 9.59 Å². The van der Waals surface area contributed by atoms with Gasteiger partial charge in [-0.05, 0) is 44.5 Å². The van der Waals surface area contributed by atoms with Crippen LogP contribution < -0.4 is 10.1 Å². The first kappa shape index (κ1) is 21.4. The van der Waals surface area contributed by atoms with Crippen molar-refractivity contribution >= 4 is 11.9 Å². The summed E-state index contributed by atoms with van der Waals surface area (Å²) in [7, 11) is 1.57. The molecule has 0 saturated carbocycles. The Morgan fingerprint density at radius 3 is 2.32 bits per heavy atom. The van der Waals surface area contributed by atoms with E-state index in [1.807, 2.05) is 50.2 Å². The molecule has 6 heteroatoms. The van der Waals surface area contributed by atoms with Gasteiger partial charge in [-0.1, -0.05) is 30.3 Å². The molecule has 28 heavy (non-hydrogen) atoms. The molecule has 150 valence electrons. The molecule has 0 aliphatic heterocycles. The van der Waals surface area contributed by atoms with Crippen LogP contribution >= 0.6 is 0 Å². The molecular weight excluding hydrogens is 358 g/mol. The molecular formula is C22H27NO5. The van der Waals surface area contributed by atoms with E-state index in [0.29, 0.717) is 17.9 Å². The van der Waals surface area contributed by atoms with Gasteiger partial charge in [-0.3, -0.25) is 4.79 Å². The first-order valence-corrected chi connectivity index (χ1v) is 9.21. The second-order valence-corrected chi connectivity index (χ2v) is 6.63. The third kappa shape index (κ3) is 6.39. The highest BCUT2D eigenvalue weighted by Gasteiger charge is 2.19. The minimum Gasteiger partial charge on any atom is -0.496 e. The number of hydrogen-bond acceptors (Lipinski definition) is 5. The normalized spacial score (nSPS) is 11.8. The summed E-state index contributed by atoms with van der Waals surface area (Å²) in [5.41, 5.74) is 2.20. The van der Waals surface area contributed by atoms with Crippen LogP contribution in [0.3, 0.4) is 0 Å². The van der Waals surface area contributed by atoms with Gasteiger partial charge in [0.25, 0.3) is 5.91 Å². The maximum absolute atomic E-state index is 12.3. The minimum atomic E-state index is -0.911. The van der Waals surface area contributed by atoms with E-state index < -0.39 is 12.1 Å². The van der Waals surface area contributed by atoms with E-state index in [1.165, 1.54) is 0 Å². The fraction of sp³-hybridized carbons (Fsp3) is 0.364. The molecule has 6 nitrogen and oxygen atoms in total. The quantitative estimate of drug-likeness (QED) is 0.669. The van der Waals surface area contributed by atoms with Gasteiger partial charge in [-0.25, -0.2) is 4.79 Å². The summed E-state index contributed by atoms with van der Waals surface area (Å²) < 4.78 is 16.0. The van der Waals surface area contributed by atoms with Crippen molar-refractivity contribution in [2.75, 3.05) is 7.11 Å². The monoisotopic (exact) mass is 385 g/mol. The van der Waals surface area contributed by atoms with Crippen molar-refractivity contribution < 1.29 is 23.8 Å². The van der Waals surface area contributed by atoms with Crippen molar-refractivity contribution in [2.24, 2.45) is 0 Å². The van der Waals surface area contributed by atoms with Crippen LogP contribution in [0.5, 0.6) is 5.75 Å². The molecule has 0 fully saturated rings. The summed E-state index contributed by atoms with van der Waals surface area (Å²) in [4.78, 5) is 24.5. The second-order valence-electron chi connectivity index (χ2n) is 6.63. The van der Waals surface area contributed by atoms with Gasteiger partial charge in [0.15, 0.2) is 6.10 Å². The predicted octanol–water partition coefficient (Wildman–Crippen LogP) is 3.48. The summed E-state index contributed by atoms with van der Waals surface area (Å²) in [6, 6.07) is 14.4. The van der Waals surface area contributed by atoms with Crippen molar-refractivity contribution in [3.63, 3.8) is 0 Å². The largest absolute Gasteiger partial charge is 0.496 e. The summed E-state index contributed by atoms with van der Waals surface area (Å²) >= 11 is 0. The van der Waals surface area contributed by atoms with Crippen LogP contribution in [0.4, 0.5) is 0 Å². The molecule has 0 aliphatic rings. The van der Waals surface area contributed by atoms with E-state index in [1.54, 1.807) is 26.2 Å². The van der Waals surface area contributed by atoms with Crippen molar-refractivity contribution in [3.05, 3.63) is 65.2 Å². The molecule has 0 bridgehead atoms. The molecule has 0 spiro atoms. The Morgan fingerprint density at radius 2 is 1.68 bits per heavy atom. The van der Waals surface area contributed by atoms with E-state index in [2.05, 4.69) is 5.32 Å². The summed E-state index contributed by atoms with van der Waals surface area (Å²) in [5, 5.41) is 2.75. The Kier molecular flexibility index (Phi) is 8.02. The number of hydrogen-bond donors (Lipinski definition) is 1. The molecule has 2 aromatic rings. The molecule has 0 heterocycles. The second kappa shape index (κ2) is 10.5. The molecule has 0 aliphatic carbocycles. The topological polar surface area (TPSA) is 73.9 Å². The Balaban J connectivity index is 1.86. The Labute approximate surface area is 165 Å². The Bertz CT molecular complexity index is 786. The van der Waals surface area contributed by atoms with Gasteiger partial charge in [0.2, 0.25) is 0 Å². The van der Waals surface area contributed by atoms with E-state index in [-0.39, 0.29) is 18.6 Å². The fourth-order valence-corrected chi connectivity index (χ4v) is 2.46. The lowest BCUT2D eigenvalue weighted by atomic mass is 10.1. The van der Waals surface area contributed by atoms with Gasteiger partial charge in [0.05, 0.1) is 25.4 Å². The average molecular weight is 385 g/mol. The number of carbonyl (C=O) groups excluding carboxylic acids is 2. The maximum Gasteiger partial charge on any atom is 0.338 e. The van der Waals surface area contributed by atoms with Crippen molar-refractivity contribution in [1.82, 2.24) is 5.32 Å². The van der Waals surface area contributed by atoms with Crippen LogP contribution in [0.25, 0.3) is 0 Å². The fourth-order valence-electron chi connectivity index (χ4n) is 2.46. The Hall–Kier alpha value is -2.86. The first-order chi connectivity index (χ1) is 13.4. The van der Waals surface area contributed by atoms with Crippen molar-refractivity contribution in [3.8, 4) is 5.75 Å². The van der Waals surface area contributed by atoms with Crippen LogP contribution in [-0.4, -0.2) is 31.2 Å². The van der Waals surface area contributed by atoms with Gasteiger partial charge in [-0.2, -0.15) is 0 Å². The van der Waals surface area contributed by atoms with Gasteiger partial charge in [-0.15, -0.1) is 0 Å². The number of esters is 1. The molecule has 1 N–H and O–H groups in total. The SMILES string of the molecule is COc1ccccc1CNC(=O)[C@H](C)OC(=O)c1ccc(COC(C)C)cc1. The van der Waals surface area contributed by atoms with Gasteiger partial charge in [0.1, 0.15) is 5.75 Å². The first-order valence-electron chi connectivity index (χ1n) is 9.21. The number of para-hydroxylation sites is 1. The summed E-state index contributed by atoms with van der Waals surface area (Å²) in [5.74, 6) is -0.230. The molecule has 2 rings (SSSR count). The zero-order valence-corrected chi connectivity index (χ0v) is 16.7. The third-order valence-corrected chi connectivity index (χ3v) is 4.07. The highest BCUT2D eigenvalue weighted by molar-refractivity contribution is 5.92. The van der Waals surface area contributed by atoms with Gasteiger partial charge < -0.3 is 19.5 Å². The number of benzene rings is 2. The molecule has 1 amide bonds. The van der Waals surface area contributed by atoms with Crippen LogP contribution in [-0.2, 0) is 27.4 Å². The predicted molar refractivity (Wildman–Crippen MR) is 106 cm³/mol. The van der Waals surface area contributed by atoms with Crippen LogP contribution in [0, 0.1) is 0 Å². The van der Waals surface area contributed by atoms with E-state index >= 15 is 0 Å². The number of methoxy groups -OCH3 is 1. The van der Waals surface area contributed by atoms with Crippen molar-refractivity contribution in [2.45, 2.75) is 46.1 Å². The lowest BCUT2D eigenvalue weighted by Crippen LogP contribution is -2.35. The van der Waals surface area contributed by atoms with Crippen LogP contribution in [0.2, 0.25) is 0 Å². The number of amides is 1. The van der Waals surface area contributed by atoms with Crippen molar-refractivity contribution in [1.29, 1.82) is 0 Å². The number of carbonyl (C=O) groups is 2. The van der Waals surface area contributed by atoms with E-state index in [0.717, 1.165) is 11.1 Å². The van der Waals surface area contributed by atoms with Gasteiger partial charge in [0, 0.05) is 12.1 Å². The molecule has 0 unspecified atom stereocenters. The zero-order chi connectivity index (χ0) is 20.5. The average Bonchev–Trinajstić information content (AvgIpc) is 2.70. The smallest absolute Gasteiger partial charge is 0.338 e. The number of nitrogens with one attached hydrogen (secondary N) is 1. The lowest BCUT2D eigenvalue weighted by molar-refractivity contribution is -0.129. The minimum absolute atomic E-state index is 0.139. The van der Waals surface area contributed by atoms with Gasteiger partial charge >= 0.3 is 5.97 Å². The summed E-state index contributed by atoms with van der Waals surface area (Å²) in [6.07, 6.45) is -0.772. The molecule has 2 aromatic carbocycles. The zero-order valence-electron chi connectivity index (χ0n) is 16.7. The van der Waals surface area contributed by atoms with E-state index in [4.69, 9.17) is 14.2 Å². The highest BCUT2D eigenvalue weighted by atomic mass is 16.5. The van der Waals surface area contributed by atoms with Crippen LogP contribution in [0.1, 0.15) is 42.3 Å². The molecule has 1 atom stereocenters. The highest BCUT2D eigenvalue weighted by Crippen LogP contribution is 2.17. The lowest BCUT2D eigenvalue weighted by Gasteiger charge is -2.15. The Morgan fingerprint density at radius 1 is 1.00 bits per heavy atom. The molecule has 0 saturated heterocycles. The summed E-state index contributed by atoms with van der Waals surface area (Å²) in [6.45, 7) is 6.24.